The van der Waals surface area contributed by atoms with Crippen LogP contribution in [0.25, 0.3) is 0 Å². The fraction of sp³-hybridized carbons (Fsp3) is 0.286. The lowest BCUT2D eigenvalue weighted by molar-refractivity contribution is -0.113. The van der Waals surface area contributed by atoms with E-state index >= 15 is 0 Å². The van der Waals surface area contributed by atoms with Gasteiger partial charge in [-0.3, -0.25) is 4.79 Å². The zero-order valence-corrected chi connectivity index (χ0v) is 17.0. The number of carbonyl (C=O) groups is 1. The van der Waals surface area contributed by atoms with E-state index in [2.05, 4.69) is 34.6 Å². The van der Waals surface area contributed by atoms with Gasteiger partial charge in [0.25, 0.3) is 5.22 Å². The van der Waals surface area contributed by atoms with Crippen LogP contribution in [0.5, 0.6) is 5.75 Å². The maximum absolute atomic E-state index is 12.3. The van der Waals surface area contributed by atoms with Crippen molar-refractivity contribution in [3.63, 3.8) is 0 Å². The van der Waals surface area contributed by atoms with E-state index in [1.807, 2.05) is 43.3 Å². The highest BCUT2D eigenvalue weighted by Crippen LogP contribution is 2.26. The van der Waals surface area contributed by atoms with Crippen LogP contribution in [0.4, 0.5) is 5.69 Å². The van der Waals surface area contributed by atoms with Crippen molar-refractivity contribution < 1.29 is 13.9 Å². The Kier molecular flexibility index (Phi) is 6.71. The summed E-state index contributed by atoms with van der Waals surface area (Å²) in [5.74, 6) is 1.48. The van der Waals surface area contributed by atoms with Crippen molar-refractivity contribution >= 4 is 23.4 Å². The van der Waals surface area contributed by atoms with E-state index in [-0.39, 0.29) is 17.6 Å². The number of nitrogens with zero attached hydrogens (tertiary/aromatic N) is 2. The monoisotopic (exact) mass is 397 g/mol. The number of hydrogen-bond donors (Lipinski definition) is 1. The van der Waals surface area contributed by atoms with Crippen LogP contribution in [-0.2, 0) is 11.2 Å². The molecule has 146 valence electrons. The second-order valence-electron chi connectivity index (χ2n) is 6.52. The number of aryl methyl sites for hydroxylation is 1. The minimum atomic E-state index is -0.161. The van der Waals surface area contributed by atoms with E-state index < -0.39 is 0 Å². The first-order valence-electron chi connectivity index (χ1n) is 8.99. The number of carbonyl (C=O) groups excluding carboxylic acids is 1. The molecule has 0 fully saturated rings. The Hall–Kier alpha value is -2.80. The summed E-state index contributed by atoms with van der Waals surface area (Å²) in [6, 6.07) is 15.8. The molecule has 7 heteroatoms. The Morgan fingerprint density at radius 3 is 2.75 bits per heavy atom. The lowest BCUT2D eigenvalue weighted by Crippen LogP contribution is -2.14. The summed E-state index contributed by atoms with van der Waals surface area (Å²) in [7, 11) is 1.57. The van der Waals surface area contributed by atoms with Crippen LogP contribution in [0.1, 0.15) is 29.9 Å². The topological polar surface area (TPSA) is 77.2 Å². The number of nitrogens with one attached hydrogen (secondary N) is 1. The maximum atomic E-state index is 12.3. The molecule has 0 saturated carbocycles. The third kappa shape index (κ3) is 5.36. The Morgan fingerprint density at radius 1 is 1.21 bits per heavy atom. The Bertz CT molecular complexity index is 928. The lowest BCUT2D eigenvalue weighted by Gasteiger charge is -2.10. The average Bonchev–Trinajstić information content (AvgIpc) is 3.14. The molecule has 1 unspecified atom stereocenters. The molecule has 0 saturated heterocycles. The van der Waals surface area contributed by atoms with E-state index in [0.29, 0.717) is 29.0 Å². The number of methoxy groups -OCH3 is 1. The first-order chi connectivity index (χ1) is 13.5. The fourth-order valence-electron chi connectivity index (χ4n) is 2.77. The van der Waals surface area contributed by atoms with Crippen LogP contribution in [-0.4, -0.2) is 29.0 Å². The van der Waals surface area contributed by atoms with Crippen LogP contribution in [0.3, 0.4) is 0 Å². The molecule has 0 bridgehead atoms. The summed E-state index contributed by atoms with van der Waals surface area (Å²) in [6.45, 7) is 4.08. The van der Waals surface area contributed by atoms with Gasteiger partial charge in [-0.25, -0.2) is 0 Å². The smallest absolute Gasteiger partial charge is 0.277 e. The Morgan fingerprint density at radius 2 is 2.00 bits per heavy atom. The standard InChI is InChI=1S/C21H23N3O3S/c1-14-9-10-18(26-3)17(11-14)22-19(25)13-28-21-24-23-20(27-21)12-15(2)16-7-5-4-6-8-16/h4-11,15H,12-13H2,1-3H3,(H,22,25). The van der Waals surface area contributed by atoms with Crippen molar-refractivity contribution in [1.29, 1.82) is 0 Å². The molecular formula is C21H23N3O3S. The molecule has 3 rings (SSSR count). The molecule has 0 radical (unpaired) electrons. The van der Waals surface area contributed by atoms with Gasteiger partial charge in [-0.05, 0) is 36.1 Å². The SMILES string of the molecule is COc1ccc(C)cc1NC(=O)CSc1nnc(CC(C)c2ccccc2)o1. The minimum Gasteiger partial charge on any atom is -0.495 e. The highest BCUT2D eigenvalue weighted by atomic mass is 32.2. The minimum absolute atomic E-state index is 0.161. The van der Waals surface area contributed by atoms with Crippen molar-refractivity contribution in [2.75, 3.05) is 18.2 Å². The van der Waals surface area contributed by atoms with E-state index in [1.54, 1.807) is 7.11 Å². The molecule has 1 N–H and O–H groups in total. The molecule has 1 heterocycles. The third-order valence-electron chi connectivity index (χ3n) is 4.25. The summed E-state index contributed by atoms with van der Waals surface area (Å²) in [6.07, 6.45) is 0.657. The molecule has 0 spiro atoms. The second kappa shape index (κ2) is 9.41. The van der Waals surface area contributed by atoms with Crippen molar-refractivity contribution in [2.24, 2.45) is 0 Å². The van der Waals surface area contributed by atoms with Gasteiger partial charge in [0, 0.05) is 6.42 Å². The number of amides is 1. The van der Waals surface area contributed by atoms with Gasteiger partial charge in [-0.1, -0.05) is 55.1 Å². The highest BCUT2D eigenvalue weighted by Gasteiger charge is 2.14. The molecule has 3 aromatic rings. The number of ether oxygens (including phenoxy) is 1. The Balaban J connectivity index is 1.53. The van der Waals surface area contributed by atoms with Crippen LogP contribution < -0.4 is 10.1 Å². The largest absolute Gasteiger partial charge is 0.495 e. The van der Waals surface area contributed by atoms with Gasteiger partial charge in [-0.15, -0.1) is 10.2 Å². The predicted molar refractivity (Wildman–Crippen MR) is 110 cm³/mol. The number of anilines is 1. The number of aromatic nitrogens is 2. The molecular weight excluding hydrogens is 374 g/mol. The quantitative estimate of drug-likeness (QED) is 0.565. The molecule has 1 amide bonds. The third-order valence-corrected chi connectivity index (χ3v) is 5.07. The second-order valence-corrected chi connectivity index (χ2v) is 7.44. The summed E-state index contributed by atoms with van der Waals surface area (Å²) in [4.78, 5) is 12.3. The molecule has 0 aliphatic rings. The van der Waals surface area contributed by atoms with Crippen LogP contribution in [0.15, 0.2) is 58.2 Å². The fourth-order valence-corrected chi connectivity index (χ4v) is 3.35. The number of thioether (sulfide) groups is 1. The molecule has 0 aliphatic heterocycles. The maximum Gasteiger partial charge on any atom is 0.277 e. The summed E-state index contributed by atoms with van der Waals surface area (Å²) >= 11 is 1.22. The van der Waals surface area contributed by atoms with E-state index in [1.165, 1.54) is 17.3 Å². The predicted octanol–water partition coefficient (Wildman–Crippen LogP) is 4.46. The highest BCUT2D eigenvalue weighted by molar-refractivity contribution is 7.99. The van der Waals surface area contributed by atoms with Gasteiger partial charge in [-0.2, -0.15) is 0 Å². The van der Waals surface area contributed by atoms with Crippen molar-refractivity contribution in [2.45, 2.75) is 31.4 Å². The number of hydrogen-bond acceptors (Lipinski definition) is 6. The molecule has 1 atom stereocenters. The number of rotatable bonds is 8. The van der Waals surface area contributed by atoms with Gasteiger partial charge < -0.3 is 14.5 Å². The van der Waals surface area contributed by atoms with Gasteiger partial charge in [0.1, 0.15) is 5.75 Å². The van der Waals surface area contributed by atoms with Crippen molar-refractivity contribution in [3.05, 3.63) is 65.5 Å². The lowest BCUT2D eigenvalue weighted by atomic mass is 9.98. The molecule has 6 nitrogen and oxygen atoms in total. The molecule has 2 aromatic carbocycles. The van der Waals surface area contributed by atoms with E-state index in [9.17, 15) is 4.79 Å². The normalized spacial score (nSPS) is 11.8. The first-order valence-corrected chi connectivity index (χ1v) is 9.98. The van der Waals surface area contributed by atoms with Gasteiger partial charge in [0.2, 0.25) is 11.8 Å². The molecule has 1 aromatic heterocycles. The zero-order valence-electron chi connectivity index (χ0n) is 16.1. The summed E-state index contributed by atoms with van der Waals surface area (Å²) < 4.78 is 11.0. The van der Waals surface area contributed by atoms with Gasteiger partial charge >= 0.3 is 0 Å². The van der Waals surface area contributed by atoms with Gasteiger partial charge in [0.05, 0.1) is 18.6 Å². The van der Waals surface area contributed by atoms with Crippen LogP contribution >= 0.6 is 11.8 Å². The van der Waals surface area contributed by atoms with Crippen molar-refractivity contribution in [3.8, 4) is 5.75 Å². The summed E-state index contributed by atoms with van der Waals surface area (Å²) in [5, 5.41) is 11.4. The Labute approximate surface area is 168 Å². The average molecular weight is 398 g/mol. The van der Waals surface area contributed by atoms with E-state index in [4.69, 9.17) is 9.15 Å². The number of benzene rings is 2. The molecule has 28 heavy (non-hydrogen) atoms. The van der Waals surface area contributed by atoms with Crippen LogP contribution in [0.2, 0.25) is 0 Å². The van der Waals surface area contributed by atoms with Crippen molar-refractivity contribution in [1.82, 2.24) is 10.2 Å². The summed E-state index contributed by atoms with van der Waals surface area (Å²) in [5.41, 5.74) is 2.91. The first kappa shape index (κ1) is 19.9. The van der Waals surface area contributed by atoms with E-state index in [0.717, 1.165) is 5.56 Å². The zero-order chi connectivity index (χ0) is 19.9. The van der Waals surface area contributed by atoms with Crippen LogP contribution in [0, 0.1) is 6.92 Å². The molecule has 0 aliphatic carbocycles. The van der Waals surface area contributed by atoms with Gasteiger partial charge in [0.15, 0.2) is 0 Å².